The Morgan fingerprint density at radius 2 is 1.94 bits per heavy atom. The van der Waals surface area contributed by atoms with Gasteiger partial charge in [-0.15, -0.1) is 24.0 Å². The third kappa shape index (κ3) is 8.59. The highest BCUT2D eigenvalue weighted by Gasteiger charge is 2.33. The van der Waals surface area contributed by atoms with E-state index in [0.717, 1.165) is 64.1 Å². The number of halogens is 1. The maximum atomic E-state index is 12.7. The van der Waals surface area contributed by atoms with Gasteiger partial charge in [0.1, 0.15) is 5.82 Å². The molecule has 186 valence electrons. The van der Waals surface area contributed by atoms with Crippen molar-refractivity contribution >= 4 is 41.7 Å². The van der Waals surface area contributed by atoms with E-state index >= 15 is 0 Å². The molecule has 1 saturated carbocycles. The van der Waals surface area contributed by atoms with Crippen LogP contribution in [0.15, 0.2) is 29.4 Å². The molecule has 1 amide bonds. The molecular weight excluding hydrogens is 531 g/mol. The summed E-state index contributed by atoms with van der Waals surface area (Å²) in [6.07, 6.45) is 8.37. The minimum Gasteiger partial charge on any atom is -0.385 e. The predicted octanol–water partition coefficient (Wildman–Crippen LogP) is 2.89. The fraction of sp³-hybridized carbons (Fsp3) is 0.708. The average Bonchev–Trinajstić information content (AvgIpc) is 3.31. The van der Waals surface area contributed by atoms with E-state index < -0.39 is 0 Å². The van der Waals surface area contributed by atoms with Crippen LogP contribution in [-0.2, 0) is 9.53 Å². The number of rotatable bonds is 10. The molecule has 2 aliphatic rings. The first kappa shape index (κ1) is 27.6. The predicted molar refractivity (Wildman–Crippen MR) is 144 cm³/mol. The fourth-order valence-electron chi connectivity index (χ4n) is 4.69. The summed E-state index contributed by atoms with van der Waals surface area (Å²) in [4.78, 5) is 26.2. The number of hydrogen-bond donors (Lipinski definition) is 2. The first-order valence-electron chi connectivity index (χ1n) is 12.1. The number of hydrogen-bond acceptors (Lipinski definition) is 5. The molecule has 1 aliphatic carbocycles. The lowest BCUT2D eigenvalue weighted by molar-refractivity contribution is -0.131. The van der Waals surface area contributed by atoms with E-state index in [1.54, 1.807) is 7.11 Å². The molecule has 1 aromatic heterocycles. The van der Waals surface area contributed by atoms with Gasteiger partial charge in [-0.2, -0.15) is 0 Å². The van der Waals surface area contributed by atoms with Gasteiger partial charge in [-0.3, -0.25) is 9.79 Å². The van der Waals surface area contributed by atoms with E-state index in [2.05, 4.69) is 27.4 Å². The van der Waals surface area contributed by atoms with Crippen LogP contribution < -0.4 is 15.5 Å². The lowest BCUT2D eigenvalue weighted by Crippen LogP contribution is -2.49. The van der Waals surface area contributed by atoms with Crippen LogP contribution in [0.2, 0.25) is 0 Å². The van der Waals surface area contributed by atoms with E-state index in [1.807, 2.05) is 29.3 Å². The van der Waals surface area contributed by atoms with Crippen molar-refractivity contribution in [2.45, 2.75) is 45.4 Å². The highest BCUT2D eigenvalue weighted by atomic mass is 127. The Labute approximate surface area is 216 Å². The van der Waals surface area contributed by atoms with Gasteiger partial charge in [-0.25, -0.2) is 4.98 Å². The van der Waals surface area contributed by atoms with Gasteiger partial charge in [0, 0.05) is 72.1 Å². The third-order valence-corrected chi connectivity index (χ3v) is 6.65. The lowest BCUT2D eigenvalue weighted by atomic mass is 9.83. The van der Waals surface area contributed by atoms with Crippen molar-refractivity contribution in [1.29, 1.82) is 0 Å². The SMILES string of the molecule is CCNC(=NCC1(CCOC)CCCC1)NCCC(=O)N1CCN(c2ccccn2)CC1.I. The number of amides is 1. The Bertz CT molecular complexity index is 719. The molecule has 8 nitrogen and oxygen atoms in total. The van der Waals surface area contributed by atoms with E-state index in [0.29, 0.717) is 13.0 Å². The number of nitrogens with one attached hydrogen (secondary N) is 2. The largest absolute Gasteiger partial charge is 0.385 e. The second kappa shape index (κ2) is 14.6. The van der Waals surface area contributed by atoms with Crippen LogP contribution >= 0.6 is 24.0 Å². The van der Waals surface area contributed by atoms with Crippen molar-refractivity contribution in [2.75, 3.05) is 64.4 Å². The topological polar surface area (TPSA) is 82.1 Å². The lowest BCUT2D eigenvalue weighted by Gasteiger charge is -2.35. The van der Waals surface area contributed by atoms with Crippen molar-refractivity contribution in [3.05, 3.63) is 24.4 Å². The van der Waals surface area contributed by atoms with Crippen molar-refractivity contribution < 1.29 is 9.53 Å². The number of aromatic nitrogens is 1. The number of pyridine rings is 1. The number of aliphatic imine (C=N–C) groups is 1. The maximum absolute atomic E-state index is 12.7. The zero-order valence-corrected chi connectivity index (χ0v) is 22.6. The molecule has 1 saturated heterocycles. The van der Waals surface area contributed by atoms with Gasteiger partial charge in [0.2, 0.25) is 5.91 Å². The van der Waals surface area contributed by atoms with Crippen LogP contribution in [0, 0.1) is 5.41 Å². The number of carbonyl (C=O) groups is 1. The van der Waals surface area contributed by atoms with E-state index in [4.69, 9.17) is 9.73 Å². The van der Waals surface area contributed by atoms with Crippen molar-refractivity contribution in [3.8, 4) is 0 Å². The molecule has 0 unspecified atom stereocenters. The van der Waals surface area contributed by atoms with E-state index in [1.165, 1.54) is 25.7 Å². The molecule has 1 aliphatic heterocycles. The molecule has 2 N–H and O–H groups in total. The number of nitrogens with zero attached hydrogens (tertiary/aromatic N) is 4. The number of ether oxygens (including phenoxy) is 1. The van der Waals surface area contributed by atoms with Gasteiger partial charge in [-0.05, 0) is 43.7 Å². The summed E-state index contributed by atoms with van der Waals surface area (Å²) in [6, 6.07) is 5.95. The summed E-state index contributed by atoms with van der Waals surface area (Å²) in [7, 11) is 1.77. The smallest absolute Gasteiger partial charge is 0.224 e. The number of guanidine groups is 1. The van der Waals surface area contributed by atoms with Gasteiger partial charge >= 0.3 is 0 Å². The van der Waals surface area contributed by atoms with Gasteiger partial charge in [-0.1, -0.05) is 18.9 Å². The minimum absolute atomic E-state index is 0. The van der Waals surface area contributed by atoms with Crippen LogP contribution in [0.25, 0.3) is 0 Å². The number of piperazine rings is 1. The third-order valence-electron chi connectivity index (χ3n) is 6.65. The van der Waals surface area contributed by atoms with Crippen LogP contribution in [-0.4, -0.2) is 81.3 Å². The number of carbonyl (C=O) groups excluding carboxylic acids is 1. The molecule has 0 aromatic carbocycles. The quantitative estimate of drug-likeness (QED) is 0.255. The molecule has 9 heteroatoms. The monoisotopic (exact) mass is 572 g/mol. The summed E-state index contributed by atoms with van der Waals surface area (Å²) in [5, 5.41) is 6.69. The standard InChI is InChI=1S/C24H40N6O2.HI/c1-3-25-23(28-20-24(12-19-32-2)10-5-6-11-24)27-14-9-22(31)30-17-15-29(16-18-30)21-8-4-7-13-26-21;/h4,7-8,13H,3,5-6,9-12,14-20H2,1-2H3,(H2,25,27,28);1H. The number of anilines is 1. The van der Waals surface area contributed by atoms with Crippen LogP contribution in [0.1, 0.15) is 45.4 Å². The Balaban J connectivity index is 0.00000385. The molecule has 2 heterocycles. The van der Waals surface area contributed by atoms with Crippen LogP contribution in [0.4, 0.5) is 5.82 Å². The zero-order chi connectivity index (χ0) is 22.7. The highest BCUT2D eigenvalue weighted by molar-refractivity contribution is 14.0. The summed E-state index contributed by atoms with van der Waals surface area (Å²) >= 11 is 0. The molecule has 33 heavy (non-hydrogen) atoms. The number of methoxy groups -OCH3 is 1. The summed E-state index contributed by atoms with van der Waals surface area (Å²) in [5.41, 5.74) is 0.265. The highest BCUT2D eigenvalue weighted by Crippen LogP contribution is 2.41. The van der Waals surface area contributed by atoms with E-state index in [9.17, 15) is 4.79 Å². The molecule has 0 radical (unpaired) electrons. The van der Waals surface area contributed by atoms with Crippen LogP contribution in [0.5, 0.6) is 0 Å². The maximum Gasteiger partial charge on any atom is 0.224 e. The minimum atomic E-state index is 0. The second-order valence-corrected chi connectivity index (χ2v) is 8.88. The molecule has 0 bridgehead atoms. The van der Waals surface area contributed by atoms with Crippen molar-refractivity contribution in [3.63, 3.8) is 0 Å². The molecule has 3 rings (SSSR count). The molecule has 2 fully saturated rings. The molecule has 0 atom stereocenters. The first-order valence-corrected chi connectivity index (χ1v) is 12.1. The Morgan fingerprint density at radius 1 is 1.18 bits per heavy atom. The van der Waals surface area contributed by atoms with Gasteiger partial charge in [0.15, 0.2) is 5.96 Å². The van der Waals surface area contributed by atoms with Gasteiger partial charge < -0.3 is 25.2 Å². The van der Waals surface area contributed by atoms with Crippen LogP contribution in [0.3, 0.4) is 0 Å². The Morgan fingerprint density at radius 3 is 2.58 bits per heavy atom. The normalized spacial score (nSPS) is 18.1. The second-order valence-electron chi connectivity index (χ2n) is 8.88. The first-order chi connectivity index (χ1) is 15.7. The van der Waals surface area contributed by atoms with Crippen molar-refractivity contribution in [1.82, 2.24) is 20.5 Å². The van der Waals surface area contributed by atoms with Gasteiger partial charge in [0.25, 0.3) is 0 Å². The molecule has 0 spiro atoms. The Hall–Kier alpha value is -1.62. The molecule has 1 aromatic rings. The van der Waals surface area contributed by atoms with Crippen molar-refractivity contribution in [2.24, 2.45) is 10.4 Å². The zero-order valence-electron chi connectivity index (χ0n) is 20.2. The van der Waals surface area contributed by atoms with E-state index in [-0.39, 0.29) is 35.3 Å². The summed E-state index contributed by atoms with van der Waals surface area (Å²) in [6.45, 7) is 8.21. The summed E-state index contributed by atoms with van der Waals surface area (Å²) in [5.74, 6) is 1.99. The van der Waals surface area contributed by atoms with Gasteiger partial charge in [0.05, 0.1) is 0 Å². The Kier molecular flexibility index (Phi) is 12.2. The molecular formula is C24H41IN6O2. The summed E-state index contributed by atoms with van der Waals surface area (Å²) < 4.78 is 5.34. The average molecular weight is 573 g/mol. The fourth-order valence-corrected chi connectivity index (χ4v) is 4.69.